The second-order valence-corrected chi connectivity index (χ2v) is 5.97. The Hall–Kier alpha value is -1.02. The first-order valence-corrected chi connectivity index (χ1v) is 6.92. The lowest BCUT2D eigenvalue weighted by molar-refractivity contribution is 0.0687. The Balaban J connectivity index is 2.16. The molecule has 18 heavy (non-hydrogen) atoms. The number of benzene rings is 1. The molecule has 98 valence electrons. The summed E-state index contributed by atoms with van der Waals surface area (Å²) in [5, 5.41) is 0.202. The first-order chi connectivity index (χ1) is 8.47. The van der Waals surface area contributed by atoms with E-state index in [1.165, 1.54) is 0 Å². The van der Waals surface area contributed by atoms with Gasteiger partial charge in [0.05, 0.1) is 0 Å². The molecule has 1 saturated heterocycles. The molecule has 0 saturated carbocycles. The van der Waals surface area contributed by atoms with Gasteiger partial charge in [0, 0.05) is 24.0 Å². The van der Waals surface area contributed by atoms with Gasteiger partial charge in [-0.1, -0.05) is 24.1 Å². The van der Waals surface area contributed by atoms with E-state index < -0.39 is 0 Å². The lowest BCUT2D eigenvalue weighted by Crippen LogP contribution is -2.43. The molecule has 1 amide bonds. The van der Waals surface area contributed by atoms with Crippen LogP contribution in [-0.2, 0) is 0 Å². The maximum Gasteiger partial charge on any atom is 0.253 e. The first-order valence-electron chi connectivity index (χ1n) is 6.49. The predicted molar refractivity (Wildman–Crippen MR) is 75.2 cm³/mol. The molecule has 2 unspecified atom stereocenters. The van der Waals surface area contributed by atoms with Crippen LogP contribution in [0.1, 0.15) is 34.8 Å². The molecule has 2 rings (SSSR count). The van der Waals surface area contributed by atoms with E-state index in [4.69, 9.17) is 11.6 Å². The molecule has 0 aliphatic carbocycles. The number of halogens is 1. The van der Waals surface area contributed by atoms with Crippen LogP contribution in [0.25, 0.3) is 0 Å². The van der Waals surface area contributed by atoms with E-state index in [9.17, 15) is 4.79 Å². The Bertz CT molecular complexity index is 438. The minimum absolute atomic E-state index is 0.136. The molecule has 0 radical (unpaired) electrons. The van der Waals surface area contributed by atoms with Crippen LogP contribution in [0, 0.1) is 19.8 Å². The molecule has 1 aliphatic heterocycles. The van der Waals surface area contributed by atoms with Crippen molar-refractivity contribution >= 4 is 17.5 Å². The fraction of sp³-hybridized carbons (Fsp3) is 0.533. The van der Waals surface area contributed by atoms with E-state index in [0.717, 1.165) is 36.2 Å². The van der Waals surface area contributed by atoms with Crippen molar-refractivity contribution in [2.24, 2.45) is 5.92 Å². The number of carbonyl (C=O) groups excluding carboxylic acids is 1. The zero-order valence-electron chi connectivity index (χ0n) is 11.2. The standard InChI is InChI=1S/C15H20ClNO/c1-10-6-11(2)8-13(7-10)15(18)17-5-4-14(16)12(3)9-17/h6-8,12,14H,4-5,9H2,1-3H3. The Morgan fingerprint density at radius 3 is 2.44 bits per heavy atom. The van der Waals surface area contributed by atoms with E-state index in [2.05, 4.69) is 13.0 Å². The van der Waals surface area contributed by atoms with Crippen molar-refractivity contribution < 1.29 is 4.79 Å². The van der Waals surface area contributed by atoms with Crippen molar-refractivity contribution in [3.63, 3.8) is 0 Å². The maximum absolute atomic E-state index is 12.4. The second-order valence-electron chi connectivity index (χ2n) is 5.41. The van der Waals surface area contributed by atoms with Crippen molar-refractivity contribution in [3.8, 4) is 0 Å². The van der Waals surface area contributed by atoms with E-state index in [1.54, 1.807) is 0 Å². The van der Waals surface area contributed by atoms with E-state index in [1.807, 2.05) is 30.9 Å². The summed E-state index contributed by atoms with van der Waals surface area (Å²) in [5.41, 5.74) is 3.07. The number of carbonyl (C=O) groups is 1. The van der Waals surface area contributed by atoms with Crippen LogP contribution < -0.4 is 0 Å². The molecule has 1 fully saturated rings. The number of hydrogen-bond acceptors (Lipinski definition) is 1. The SMILES string of the molecule is Cc1cc(C)cc(C(=O)N2CCC(Cl)C(C)C2)c1. The monoisotopic (exact) mass is 265 g/mol. The van der Waals surface area contributed by atoms with Crippen LogP contribution in [0.5, 0.6) is 0 Å². The minimum atomic E-state index is 0.136. The quantitative estimate of drug-likeness (QED) is 0.713. The summed E-state index contributed by atoms with van der Waals surface area (Å²) in [6.07, 6.45) is 0.888. The Morgan fingerprint density at radius 1 is 1.28 bits per heavy atom. The average molecular weight is 266 g/mol. The molecule has 0 N–H and O–H groups in total. The Labute approximate surface area is 114 Å². The van der Waals surface area contributed by atoms with E-state index >= 15 is 0 Å². The van der Waals surface area contributed by atoms with Crippen LogP contribution in [-0.4, -0.2) is 29.3 Å². The van der Waals surface area contributed by atoms with Gasteiger partial charge in [-0.3, -0.25) is 4.79 Å². The maximum atomic E-state index is 12.4. The summed E-state index contributed by atoms with van der Waals surface area (Å²) in [7, 11) is 0. The van der Waals surface area contributed by atoms with Crippen LogP contribution in [0.4, 0.5) is 0 Å². The molecular formula is C15H20ClNO. The van der Waals surface area contributed by atoms with Gasteiger partial charge in [-0.2, -0.15) is 0 Å². The van der Waals surface area contributed by atoms with Crippen LogP contribution in [0.2, 0.25) is 0 Å². The number of likely N-dealkylation sites (tertiary alicyclic amines) is 1. The van der Waals surface area contributed by atoms with Crippen molar-refractivity contribution in [3.05, 3.63) is 34.9 Å². The van der Waals surface area contributed by atoms with Gasteiger partial charge >= 0.3 is 0 Å². The number of alkyl halides is 1. The second kappa shape index (κ2) is 5.31. The molecule has 2 nitrogen and oxygen atoms in total. The lowest BCUT2D eigenvalue weighted by Gasteiger charge is -2.34. The third-order valence-electron chi connectivity index (χ3n) is 3.56. The number of aryl methyl sites for hydroxylation is 2. The zero-order chi connectivity index (χ0) is 13.3. The molecular weight excluding hydrogens is 246 g/mol. The smallest absolute Gasteiger partial charge is 0.253 e. The Kier molecular flexibility index (Phi) is 3.96. The van der Waals surface area contributed by atoms with Crippen LogP contribution in [0.15, 0.2) is 18.2 Å². The van der Waals surface area contributed by atoms with E-state index in [0.29, 0.717) is 5.92 Å². The van der Waals surface area contributed by atoms with Gasteiger partial charge < -0.3 is 4.90 Å². The molecule has 1 aliphatic rings. The highest BCUT2D eigenvalue weighted by Crippen LogP contribution is 2.23. The Morgan fingerprint density at radius 2 is 1.89 bits per heavy atom. The fourth-order valence-electron chi connectivity index (χ4n) is 2.58. The largest absolute Gasteiger partial charge is 0.338 e. The zero-order valence-corrected chi connectivity index (χ0v) is 12.0. The van der Waals surface area contributed by atoms with Gasteiger partial charge in [0.15, 0.2) is 0 Å². The van der Waals surface area contributed by atoms with Gasteiger partial charge in [0.25, 0.3) is 5.91 Å². The predicted octanol–water partition coefficient (Wildman–Crippen LogP) is 3.39. The van der Waals surface area contributed by atoms with Crippen LogP contribution in [0.3, 0.4) is 0 Å². The summed E-state index contributed by atoms with van der Waals surface area (Å²) in [4.78, 5) is 14.4. The molecule has 1 aromatic rings. The average Bonchev–Trinajstić information content (AvgIpc) is 2.30. The molecule has 2 atom stereocenters. The molecule has 1 heterocycles. The third kappa shape index (κ3) is 2.86. The number of piperidine rings is 1. The number of hydrogen-bond donors (Lipinski definition) is 0. The van der Waals surface area contributed by atoms with E-state index in [-0.39, 0.29) is 11.3 Å². The van der Waals surface area contributed by atoms with Gasteiger partial charge in [-0.05, 0) is 38.3 Å². The van der Waals surface area contributed by atoms with Gasteiger partial charge in [-0.25, -0.2) is 0 Å². The highest BCUT2D eigenvalue weighted by molar-refractivity contribution is 6.20. The summed E-state index contributed by atoms with van der Waals surface area (Å²) in [5.74, 6) is 0.507. The molecule has 1 aromatic carbocycles. The molecule has 0 spiro atoms. The highest BCUT2D eigenvalue weighted by Gasteiger charge is 2.27. The number of amides is 1. The van der Waals surface area contributed by atoms with Crippen molar-refractivity contribution in [1.29, 1.82) is 0 Å². The third-order valence-corrected chi connectivity index (χ3v) is 4.20. The minimum Gasteiger partial charge on any atom is -0.338 e. The first kappa shape index (κ1) is 13.4. The molecule has 3 heteroatoms. The molecule has 0 bridgehead atoms. The summed E-state index contributed by atoms with van der Waals surface area (Å²) in [6, 6.07) is 6.02. The van der Waals surface area contributed by atoms with Crippen LogP contribution >= 0.6 is 11.6 Å². The van der Waals surface area contributed by atoms with Gasteiger partial charge in [-0.15, -0.1) is 11.6 Å². The fourth-order valence-corrected chi connectivity index (χ4v) is 2.76. The van der Waals surface area contributed by atoms with Crippen molar-refractivity contribution in [1.82, 2.24) is 4.90 Å². The topological polar surface area (TPSA) is 20.3 Å². The normalized spacial score (nSPS) is 24.1. The van der Waals surface area contributed by atoms with Crippen molar-refractivity contribution in [2.45, 2.75) is 32.6 Å². The molecule has 0 aromatic heterocycles. The van der Waals surface area contributed by atoms with Gasteiger partial charge in [0.1, 0.15) is 0 Å². The van der Waals surface area contributed by atoms with Crippen molar-refractivity contribution in [2.75, 3.05) is 13.1 Å². The highest BCUT2D eigenvalue weighted by atomic mass is 35.5. The summed E-state index contributed by atoms with van der Waals surface area (Å²) >= 11 is 6.20. The lowest BCUT2D eigenvalue weighted by atomic mass is 9.98. The summed E-state index contributed by atoms with van der Waals surface area (Å²) < 4.78 is 0. The van der Waals surface area contributed by atoms with Gasteiger partial charge in [0.2, 0.25) is 0 Å². The number of rotatable bonds is 1. The number of nitrogens with zero attached hydrogens (tertiary/aromatic N) is 1. The summed E-state index contributed by atoms with van der Waals surface area (Å²) in [6.45, 7) is 7.69.